The third-order valence-corrected chi connectivity index (χ3v) is 2.08. The maximum atomic E-state index is 12.0. The first-order valence-corrected chi connectivity index (χ1v) is 5.30. The molecule has 0 fully saturated rings. The van der Waals surface area contributed by atoms with Gasteiger partial charge in [-0.2, -0.15) is 0 Å². The summed E-state index contributed by atoms with van der Waals surface area (Å²) >= 11 is 0. The van der Waals surface area contributed by atoms with Gasteiger partial charge in [-0.15, -0.1) is 11.7 Å². The second-order valence-electron chi connectivity index (χ2n) is 3.52. The van der Waals surface area contributed by atoms with E-state index < -0.39 is 18.4 Å². The third-order valence-electron chi connectivity index (χ3n) is 2.08. The van der Waals surface area contributed by atoms with Crippen molar-refractivity contribution in [1.82, 2.24) is 19.9 Å². The van der Waals surface area contributed by atoms with Gasteiger partial charge in [0.05, 0.1) is 12.7 Å². The van der Waals surface area contributed by atoms with Gasteiger partial charge >= 0.3 is 5.97 Å². The summed E-state index contributed by atoms with van der Waals surface area (Å²) in [5.74, 6) is -1.60. The Balaban J connectivity index is 2.80. The molecule has 0 unspecified atom stereocenters. The van der Waals surface area contributed by atoms with Crippen molar-refractivity contribution >= 4 is 11.9 Å². The number of amides is 1. The van der Waals surface area contributed by atoms with Gasteiger partial charge in [0.25, 0.3) is 5.91 Å². The Bertz CT molecular complexity index is 442. The van der Waals surface area contributed by atoms with E-state index in [0.29, 0.717) is 13.1 Å². The number of hydrogen-bond donors (Lipinski definition) is 2. The highest BCUT2D eigenvalue weighted by Gasteiger charge is 2.20. The van der Waals surface area contributed by atoms with Crippen LogP contribution in [0.4, 0.5) is 0 Å². The predicted molar refractivity (Wildman–Crippen MR) is 62.8 cm³/mol. The molecule has 1 aromatic rings. The molecule has 0 radical (unpaired) electrons. The first-order valence-electron chi connectivity index (χ1n) is 5.30. The minimum absolute atomic E-state index is 0.0894. The molecule has 18 heavy (non-hydrogen) atoms. The van der Waals surface area contributed by atoms with E-state index in [4.69, 9.17) is 10.8 Å². The summed E-state index contributed by atoms with van der Waals surface area (Å²) in [5.41, 5.74) is 5.43. The zero-order valence-electron chi connectivity index (χ0n) is 9.82. The summed E-state index contributed by atoms with van der Waals surface area (Å²) in [6, 6.07) is 0. The normalized spacial score (nSPS) is 10.1. The molecule has 0 atom stereocenters. The molecule has 0 aliphatic carbocycles. The number of aromatic nitrogens is 3. The number of carboxylic acid groups (broad SMARTS) is 1. The van der Waals surface area contributed by atoms with Gasteiger partial charge in [0.15, 0.2) is 5.69 Å². The number of carbonyl (C=O) groups excluding carboxylic acids is 1. The van der Waals surface area contributed by atoms with Crippen LogP contribution in [-0.2, 0) is 11.3 Å². The first-order chi connectivity index (χ1) is 8.58. The van der Waals surface area contributed by atoms with Crippen LogP contribution < -0.4 is 5.73 Å². The fourth-order valence-electron chi connectivity index (χ4n) is 1.34. The molecule has 0 aliphatic rings. The van der Waals surface area contributed by atoms with Crippen LogP contribution in [0.5, 0.6) is 0 Å². The summed E-state index contributed by atoms with van der Waals surface area (Å²) in [5, 5.41) is 16.1. The maximum Gasteiger partial charge on any atom is 0.323 e. The minimum atomic E-state index is -1.10. The lowest BCUT2D eigenvalue weighted by Gasteiger charge is -2.16. The van der Waals surface area contributed by atoms with E-state index >= 15 is 0 Å². The fourth-order valence-corrected chi connectivity index (χ4v) is 1.34. The number of carbonyl (C=O) groups is 2. The molecule has 8 nitrogen and oxygen atoms in total. The van der Waals surface area contributed by atoms with E-state index in [1.54, 1.807) is 0 Å². The first kappa shape index (κ1) is 13.8. The summed E-state index contributed by atoms with van der Waals surface area (Å²) in [6.07, 6.45) is 2.89. The lowest BCUT2D eigenvalue weighted by molar-refractivity contribution is -0.137. The molecule has 1 aromatic heterocycles. The summed E-state index contributed by atoms with van der Waals surface area (Å²) in [7, 11) is 0. The standard InChI is InChI=1S/C10H15N5O3/c1-2-4-14(7-9(16)17)10(18)8-6-15(5-3-11)13-12-8/h2,6H,1,3-5,7,11H2,(H,16,17). The van der Waals surface area contributed by atoms with Crippen molar-refractivity contribution in [1.29, 1.82) is 0 Å². The topological polar surface area (TPSA) is 114 Å². The van der Waals surface area contributed by atoms with E-state index in [-0.39, 0.29) is 12.2 Å². The van der Waals surface area contributed by atoms with Gasteiger partial charge < -0.3 is 15.7 Å². The van der Waals surface area contributed by atoms with Crippen molar-refractivity contribution in [2.24, 2.45) is 5.73 Å². The van der Waals surface area contributed by atoms with Crippen molar-refractivity contribution in [3.05, 3.63) is 24.5 Å². The second kappa shape index (κ2) is 6.50. The van der Waals surface area contributed by atoms with Gasteiger partial charge in [0.2, 0.25) is 0 Å². The van der Waals surface area contributed by atoms with Crippen LogP contribution in [0.15, 0.2) is 18.9 Å². The van der Waals surface area contributed by atoms with Crippen LogP contribution in [0.3, 0.4) is 0 Å². The van der Waals surface area contributed by atoms with Crippen LogP contribution in [0.25, 0.3) is 0 Å². The van der Waals surface area contributed by atoms with E-state index in [1.165, 1.54) is 17.0 Å². The van der Waals surface area contributed by atoms with Gasteiger partial charge in [-0.05, 0) is 0 Å². The molecule has 0 saturated carbocycles. The van der Waals surface area contributed by atoms with Crippen molar-refractivity contribution in [3.8, 4) is 0 Å². The molecule has 8 heteroatoms. The molecule has 98 valence electrons. The Morgan fingerprint density at radius 1 is 1.61 bits per heavy atom. The van der Waals surface area contributed by atoms with Crippen LogP contribution in [0, 0.1) is 0 Å². The zero-order chi connectivity index (χ0) is 13.5. The average molecular weight is 253 g/mol. The monoisotopic (exact) mass is 253 g/mol. The molecular weight excluding hydrogens is 238 g/mol. The Morgan fingerprint density at radius 3 is 2.89 bits per heavy atom. The molecule has 0 spiro atoms. The third kappa shape index (κ3) is 3.67. The average Bonchev–Trinajstić information content (AvgIpc) is 2.76. The van der Waals surface area contributed by atoms with Crippen molar-refractivity contribution in [2.75, 3.05) is 19.6 Å². The number of carboxylic acids is 1. The molecule has 0 aromatic carbocycles. The SMILES string of the molecule is C=CCN(CC(=O)O)C(=O)c1cn(CCN)nn1. The zero-order valence-corrected chi connectivity index (χ0v) is 9.82. The number of nitrogens with zero attached hydrogens (tertiary/aromatic N) is 4. The van der Waals surface area contributed by atoms with E-state index in [9.17, 15) is 9.59 Å². The van der Waals surface area contributed by atoms with Crippen molar-refractivity contribution in [2.45, 2.75) is 6.54 Å². The smallest absolute Gasteiger partial charge is 0.323 e. The van der Waals surface area contributed by atoms with Gasteiger partial charge in [0, 0.05) is 13.1 Å². The fraction of sp³-hybridized carbons (Fsp3) is 0.400. The lowest BCUT2D eigenvalue weighted by atomic mass is 10.3. The highest BCUT2D eigenvalue weighted by atomic mass is 16.4. The van der Waals surface area contributed by atoms with Crippen LogP contribution in [0.1, 0.15) is 10.5 Å². The Morgan fingerprint density at radius 2 is 2.33 bits per heavy atom. The molecular formula is C10H15N5O3. The van der Waals surface area contributed by atoms with Gasteiger partial charge in [-0.1, -0.05) is 11.3 Å². The van der Waals surface area contributed by atoms with Crippen LogP contribution >= 0.6 is 0 Å². The molecule has 0 saturated heterocycles. The van der Waals surface area contributed by atoms with Crippen molar-refractivity contribution < 1.29 is 14.7 Å². The molecule has 1 amide bonds. The highest BCUT2D eigenvalue weighted by Crippen LogP contribution is 2.01. The van der Waals surface area contributed by atoms with E-state index in [0.717, 1.165) is 4.90 Å². The molecule has 0 bridgehead atoms. The van der Waals surface area contributed by atoms with Crippen LogP contribution in [-0.4, -0.2) is 56.5 Å². The largest absolute Gasteiger partial charge is 0.480 e. The Kier molecular flexibility index (Phi) is 5.00. The lowest BCUT2D eigenvalue weighted by Crippen LogP contribution is -2.36. The minimum Gasteiger partial charge on any atom is -0.480 e. The number of nitrogens with two attached hydrogens (primary N) is 1. The maximum absolute atomic E-state index is 12.0. The highest BCUT2D eigenvalue weighted by molar-refractivity contribution is 5.93. The number of rotatable bonds is 7. The molecule has 0 aliphatic heterocycles. The Labute approximate surface area is 104 Å². The van der Waals surface area contributed by atoms with Crippen LogP contribution in [0.2, 0.25) is 0 Å². The van der Waals surface area contributed by atoms with E-state index in [2.05, 4.69) is 16.9 Å². The van der Waals surface area contributed by atoms with Gasteiger partial charge in [0.1, 0.15) is 6.54 Å². The van der Waals surface area contributed by atoms with E-state index in [1.807, 2.05) is 0 Å². The van der Waals surface area contributed by atoms with Gasteiger partial charge in [-0.3, -0.25) is 14.3 Å². The second-order valence-corrected chi connectivity index (χ2v) is 3.52. The summed E-state index contributed by atoms with van der Waals surface area (Å²) in [6.45, 7) is 4.02. The predicted octanol–water partition coefficient (Wildman–Crippen LogP) is -1.05. The molecule has 1 heterocycles. The Hall–Kier alpha value is -2.22. The summed E-state index contributed by atoms with van der Waals surface area (Å²) < 4.78 is 1.43. The molecule has 3 N–H and O–H groups in total. The quantitative estimate of drug-likeness (QED) is 0.599. The summed E-state index contributed by atoms with van der Waals surface area (Å²) in [4.78, 5) is 23.7. The number of aliphatic carboxylic acids is 1. The number of hydrogen-bond acceptors (Lipinski definition) is 5. The van der Waals surface area contributed by atoms with Crippen molar-refractivity contribution in [3.63, 3.8) is 0 Å². The van der Waals surface area contributed by atoms with Gasteiger partial charge in [-0.25, -0.2) is 0 Å². The molecule has 1 rings (SSSR count).